The lowest BCUT2D eigenvalue weighted by atomic mass is 9.96. The topological polar surface area (TPSA) is 9.23 Å². The summed E-state index contributed by atoms with van der Waals surface area (Å²) in [6.45, 7) is 13.6. The Hall–Kier alpha value is -0.980. The Morgan fingerprint density at radius 3 is 2.69 bits per heavy atom. The van der Waals surface area contributed by atoms with Gasteiger partial charge >= 0.3 is 0 Å². The molecule has 0 spiro atoms. The van der Waals surface area contributed by atoms with Gasteiger partial charge in [0.2, 0.25) is 0 Å². The summed E-state index contributed by atoms with van der Waals surface area (Å²) in [5.74, 6) is 1.73. The van der Waals surface area contributed by atoms with E-state index in [0.29, 0.717) is 5.92 Å². The summed E-state index contributed by atoms with van der Waals surface area (Å²) in [7, 11) is 0. The molecule has 0 bridgehead atoms. The number of hydrogen-bond acceptors (Lipinski definition) is 1. The Labute approximate surface area is 99.9 Å². The molecule has 0 atom stereocenters. The van der Waals surface area contributed by atoms with E-state index in [0.717, 1.165) is 30.8 Å². The highest BCUT2D eigenvalue weighted by molar-refractivity contribution is 5.39. The standard InChI is InChI=1S/C15H24O/c1-11(2)9-15-7-6-8-16-14(5)13(4)12(3)10-15/h10-11H,3,6-9H2,1-2,4-5H3/b14-13?,15-10+. The number of allylic oxidation sites excluding steroid dienone is 5. The highest BCUT2D eigenvalue weighted by Crippen LogP contribution is 2.24. The van der Waals surface area contributed by atoms with Gasteiger partial charge in [0, 0.05) is 0 Å². The summed E-state index contributed by atoms with van der Waals surface area (Å²) in [6, 6.07) is 0. The van der Waals surface area contributed by atoms with E-state index in [1.165, 1.54) is 17.6 Å². The molecule has 0 amide bonds. The minimum atomic E-state index is 0.714. The maximum atomic E-state index is 5.68. The van der Waals surface area contributed by atoms with Gasteiger partial charge in [-0.3, -0.25) is 0 Å². The average Bonchev–Trinajstić information content (AvgIpc) is 2.25. The highest BCUT2D eigenvalue weighted by Gasteiger charge is 2.08. The largest absolute Gasteiger partial charge is 0.498 e. The Kier molecular flexibility index (Phi) is 4.85. The van der Waals surface area contributed by atoms with Crippen LogP contribution in [-0.2, 0) is 4.74 Å². The molecule has 1 rings (SSSR count). The van der Waals surface area contributed by atoms with Crippen LogP contribution in [0.5, 0.6) is 0 Å². The minimum absolute atomic E-state index is 0.714. The first kappa shape index (κ1) is 13.1. The van der Waals surface area contributed by atoms with Crippen LogP contribution in [0.3, 0.4) is 0 Å². The van der Waals surface area contributed by atoms with Gasteiger partial charge in [0.1, 0.15) is 0 Å². The van der Waals surface area contributed by atoms with Crippen LogP contribution in [0, 0.1) is 5.92 Å². The van der Waals surface area contributed by atoms with E-state index in [1.54, 1.807) is 0 Å². The molecule has 0 saturated carbocycles. The summed E-state index contributed by atoms with van der Waals surface area (Å²) in [5.41, 5.74) is 3.80. The number of ether oxygens (including phenoxy) is 1. The van der Waals surface area contributed by atoms with Crippen LogP contribution in [0.25, 0.3) is 0 Å². The lowest BCUT2D eigenvalue weighted by Crippen LogP contribution is -1.95. The maximum Gasteiger partial charge on any atom is 0.0963 e. The Morgan fingerprint density at radius 1 is 1.38 bits per heavy atom. The van der Waals surface area contributed by atoms with Crippen molar-refractivity contribution >= 4 is 0 Å². The molecule has 1 nitrogen and oxygen atoms in total. The van der Waals surface area contributed by atoms with Crippen molar-refractivity contribution in [2.24, 2.45) is 5.92 Å². The van der Waals surface area contributed by atoms with Crippen LogP contribution in [-0.4, -0.2) is 6.61 Å². The van der Waals surface area contributed by atoms with E-state index in [2.05, 4.69) is 33.4 Å². The zero-order valence-electron chi connectivity index (χ0n) is 11.1. The molecule has 0 aromatic rings. The van der Waals surface area contributed by atoms with E-state index in [4.69, 9.17) is 4.74 Å². The van der Waals surface area contributed by atoms with Gasteiger partial charge in [0.25, 0.3) is 0 Å². The van der Waals surface area contributed by atoms with Crippen molar-refractivity contribution < 1.29 is 4.74 Å². The fraction of sp³-hybridized carbons (Fsp3) is 0.600. The second-order valence-corrected chi connectivity index (χ2v) is 5.06. The molecule has 90 valence electrons. The van der Waals surface area contributed by atoms with Gasteiger partial charge in [0.05, 0.1) is 12.4 Å². The molecule has 1 aliphatic rings. The summed E-state index contributed by atoms with van der Waals surface area (Å²) < 4.78 is 5.68. The lowest BCUT2D eigenvalue weighted by molar-refractivity contribution is 0.208. The number of rotatable bonds is 2. The zero-order chi connectivity index (χ0) is 12.1. The molecule has 0 radical (unpaired) electrons. The number of hydrogen-bond donors (Lipinski definition) is 0. The molecule has 0 N–H and O–H groups in total. The second-order valence-electron chi connectivity index (χ2n) is 5.06. The van der Waals surface area contributed by atoms with E-state index in [9.17, 15) is 0 Å². The van der Waals surface area contributed by atoms with Gasteiger partial charge in [-0.05, 0) is 50.2 Å². The highest BCUT2D eigenvalue weighted by atomic mass is 16.5. The van der Waals surface area contributed by atoms with Crippen molar-refractivity contribution in [3.05, 3.63) is 35.1 Å². The molecular weight excluding hydrogens is 196 g/mol. The molecular formula is C15H24O. The van der Waals surface area contributed by atoms with Gasteiger partial charge in [0.15, 0.2) is 0 Å². The maximum absolute atomic E-state index is 5.68. The SMILES string of the molecule is C=C1/C=C(/CC(C)C)CCCOC(C)=C1C. The van der Waals surface area contributed by atoms with E-state index >= 15 is 0 Å². The van der Waals surface area contributed by atoms with Crippen LogP contribution < -0.4 is 0 Å². The summed E-state index contributed by atoms with van der Waals surface area (Å²) in [5, 5.41) is 0. The van der Waals surface area contributed by atoms with Crippen molar-refractivity contribution in [2.45, 2.75) is 47.0 Å². The van der Waals surface area contributed by atoms with Crippen LogP contribution in [0.15, 0.2) is 35.1 Å². The molecule has 0 fully saturated rings. The summed E-state index contributed by atoms with van der Waals surface area (Å²) in [6.07, 6.45) is 5.67. The lowest BCUT2D eigenvalue weighted by Gasteiger charge is -2.10. The Bertz CT molecular complexity index is 318. The van der Waals surface area contributed by atoms with Gasteiger partial charge in [-0.2, -0.15) is 0 Å². The third kappa shape index (κ3) is 3.88. The van der Waals surface area contributed by atoms with Crippen molar-refractivity contribution in [1.29, 1.82) is 0 Å². The predicted molar refractivity (Wildman–Crippen MR) is 70.2 cm³/mol. The fourth-order valence-electron chi connectivity index (χ4n) is 1.97. The zero-order valence-corrected chi connectivity index (χ0v) is 11.1. The predicted octanol–water partition coefficient (Wildman–Crippen LogP) is 4.62. The van der Waals surface area contributed by atoms with Crippen LogP contribution in [0.1, 0.15) is 47.0 Å². The van der Waals surface area contributed by atoms with E-state index in [-0.39, 0.29) is 0 Å². The monoisotopic (exact) mass is 220 g/mol. The molecule has 0 aliphatic carbocycles. The quantitative estimate of drug-likeness (QED) is 0.660. The molecule has 1 aliphatic heterocycles. The Morgan fingerprint density at radius 2 is 2.06 bits per heavy atom. The van der Waals surface area contributed by atoms with Crippen LogP contribution >= 0.6 is 0 Å². The average molecular weight is 220 g/mol. The third-order valence-corrected chi connectivity index (χ3v) is 3.02. The van der Waals surface area contributed by atoms with E-state index < -0.39 is 0 Å². The summed E-state index contributed by atoms with van der Waals surface area (Å²) >= 11 is 0. The van der Waals surface area contributed by atoms with Crippen molar-refractivity contribution in [2.75, 3.05) is 6.61 Å². The normalized spacial score (nSPS) is 22.1. The van der Waals surface area contributed by atoms with Gasteiger partial charge in [-0.15, -0.1) is 0 Å². The van der Waals surface area contributed by atoms with Crippen molar-refractivity contribution in [1.82, 2.24) is 0 Å². The van der Waals surface area contributed by atoms with Crippen LogP contribution in [0.2, 0.25) is 0 Å². The van der Waals surface area contributed by atoms with Crippen molar-refractivity contribution in [3.8, 4) is 0 Å². The smallest absolute Gasteiger partial charge is 0.0963 e. The molecule has 0 unspecified atom stereocenters. The molecule has 16 heavy (non-hydrogen) atoms. The first-order chi connectivity index (χ1) is 7.50. The molecule has 1 heterocycles. The molecule has 0 aromatic carbocycles. The van der Waals surface area contributed by atoms with E-state index in [1.807, 2.05) is 6.92 Å². The van der Waals surface area contributed by atoms with Gasteiger partial charge in [-0.25, -0.2) is 0 Å². The second kappa shape index (κ2) is 5.93. The molecule has 1 heteroatoms. The first-order valence-electron chi connectivity index (χ1n) is 6.19. The van der Waals surface area contributed by atoms with Crippen LogP contribution in [0.4, 0.5) is 0 Å². The minimum Gasteiger partial charge on any atom is -0.498 e. The third-order valence-electron chi connectivity index (χ3n) is 3.02. The molecule has 0 saturated heterocycles. The van der Waals surface area contributed by atoms with Gasteiger partial charge < -0.3 is 4.74 Å². The van der Waals surface area contributed by atoms with Crippen molar-refractivity contribution in [3.63, 3.8) is 0 Å². The first-order valence-corrected chi connectivity index (χ1v) is 6.19. The summed E-state index contributed by atoms with van der Waals surface area (Å²) in [4.78, 5) is 0. The van der Waals surface area contributed by atoms with Gasteiger partial charge in [-0.1, -0.05) is 32.1 Å². The fourth-order valence-corrected chi connectivity index (χ4v) is 1.97. The Balaban J connectivity index is 2.87. The molecule has 0 aromatic heterocycles.